The fourth-order valence-electron chi connectivity index (χ4n) is 2.55. The van der Waals surface area contributed by atoms with Crippen LogP contribution in [-0.4, -0.2) is 23.6 Å². The summed E-state index contributed by atoms with van der Waals surface area (Å²) in [5.74, 6) is 1.93. The van der Waals surface area contributed by atoms with Crippen molar-refractivity contribution < 1.29 is 0 Å². The first kappa shape index (κ1) is 15.3. The van der Waals surface area contributed by atoms with Crippen molar-refractivity contribution in [3.63, 3.8) is 0 Å². The van der Waals surface area contributed by atoms with Crippen LogP contribution in [-0.2, 0) is 6.42 Å². The standard InChI is InChI=1S/C17H24N4/c1-5-9-14-16(18-6-2)19-12-20-17(14)21(4)15-11-8-7-10-13(15)3/h7-8,10-12H,5-6,9H2,1-4H3,(H,18,19,20). The number of nitrogens with one attached hydrogen (secondary N) is 1. The molecular formula is C17H24N4. The van der Waals surface area contributed by atoms with Crippen LogP contribution in [0.15, 0.2) is 30.6 Å². The predicted octanol–water partition coefficient (Wildman–Crippen LogP) is 3.94. The largest absolute Gasteiger partial charge is 0.370 e. The Balaban J connectivity index is 2.47. The summed E-state index contributed by atoms with van der Waals surface area (Å²) in [4.78, 5) is 11.1. The molecule has 1 aromatic heterocycles. The maximum Gasteiger partial charge on any atom is 0.141 e. The Hall–Kier alpha value is -2.10. The van der Waals surface area contributed by atoms with Crippen molar-refractivity contribution in [2.75, 3.05) is 23.8 Å². The molecule has 2 rings (SSSR count). The lowest BCUT2D eigenvalue weighted by molar-refractivity contribution is 0.889. The van der Waals surface area contributed by atoms with Crippen molar-refractivity contribution in [1.82, 2.24) is 9.97 Å². The van der Waals surface area contributed by atoms with E-state index >= 15 is 0 Å². The Kier molecular flexibility index (Phi) is 5.14. The highest BCUT2D eigenvalue weighted by molar-refractivity contribution is 5.68. The van der Waals surface area contributed by atoms with Crippen LogP contribution in [0.3, 0.4) is 0 Å². The van der Waals surface area contributed by atoms with E-state index in [-0.39, 0.29) is 0 Å². The maximum atomic E-state index is 4.53. The summed E-state index contributed by atoms with van der Waals surface area (Å²) in [5, 5.41) is 3.34. The van der Waals surface area contributed by atoms with E-state index in [4.69, 9.17) is 0 Å². The van der Waals surface area contributed by atoms with Gasteiger partial charge in [0.2, 0.25) is 0 Å². The lowest BCUT2D eigenvalue weighted by Crippen LogP contribution is -2.17. The molecule has 0 saturated carbocycles. The van der Waals surface area contributed by atoms with Gasteiger partial charge in [0.05, 0.1) is 0 Å². The summed E-state index contributed by atoms with van der Waals surface area (Å²) in [5.41, 5.74) is 3.61. The minimum absolute atomic E-state index is 0.862. The van der Waals surface area contributed by atoms with Gasteiger partial charge in [-0.05, 0) is 31.9 Å². The summed E-state index contributed by atoms with van der Waals surface area (Å²) in [6.07, 6.45) is 3.68. The number of hydrogen-bond donors (Lipinski definition) is 1. The molecule has 0 spiro atoms. The van der Waals surface area contributed by atoms with E-state index in [0.717, 1.165) is 31.0 Å². The first-order valence-electron chi connectivity index (χ1n) is 7.56. The van der Waals surface area contributed by atoms with Crippen LogP contribution in [0.5, 0.6) is 0 Å². The van der Waals surface area contributed by atoms with E-state index in [2.05, 4.69) is 72.3 Å². The molecule has 1 N–H and O–H groups in total. The van der Waals surface area contributed by atoms with Gasteiger partial charge in [0.25, 0.3) is 0 Å². The number of aromatic nitrogens is 2. The monoisotopic (exact) mass is 284 g/mol. The number of hydrogen-bond acceptors (Lipinski definition) is 4. The minimum Gasteiger partial charge on any atom is -0.370 e. The van der Waals surface area contributed by atoms with Gasteiger partial charge >= 0.3 is 0 Å². The molecule has 0 saturated heterocycles. The molecule has 4 nitrogen and oxygen atoms in total. The highest BCUT2D eigenvalue weighted by Crippen LogP contribution is 2.30. The van der Waals surface area contributed by atoms with Crippen LogP contribution in [0, 0.1) is 6.92 Å². The van der Waals surface area contributed by atoms with E-state index in [1.807, 2.05) is 0 Å². The molecule has 1 aromatic carbocycles. The van der Waals surface area contributed by atoms with Crippen LogP contribution in [0.1, 0.15) is 31.4 Å². The van der Waals surface area contributed by atoms with E-state index in [9.17, 15) is 0 Å². The van der Waals surface area contributed by atoms with Crippen molar-refractivity contribution in [2.45, 2.75) is 33.6 Å². The third-order valence-electron chi connectivity index (χ3n) is 3.56. The Morgan fingerprint density at radius 2 is 1.90 bits per heavy atom. The smallest absolute Gasteiger partial charge is 0.141 e. The van der Waals surface area contributed by atoms with Gasteiger partial charge in [-0.25, -0.2) is 9.97 Å². The predicted molar refractivity (Wildman–Crippen MR) is 89.4 cm³/mol. The van der Waals surface area contributed by atoms with Crippen molar-refractivity contribution >= 4 is 17.3 Å². The van der Waals surface area contributed by atoms with Crippen molar-refractivity contribution in [3.05, 3.63) is 41.7 Å². The molecule has 21 heavy (non-hydrogen) atoms. The molecule has 0 aliphatic rings. The van der Waals surface area contributed by atoms with Gasteiger partial charge in [-0.2, -0.15) is 0 Å². The lowest BCUT2D eigenvalue weighted by atomic mass is 10.1. The Morgan fingerprint density at radius 3 is 2.57 bits per heavy atom. The van der Waals surface area contributed by atoms with Gasteiger partial charge in [-0.1, -0.05) is 31.5 Å². The Morgan fingerprint density at radius 1 is 1.14 bits per heavy atom. The minimum atomic E-state index is 0.862. The molecule has 0 unspecified atom stereocenters. The second-order valence-electron chi connectivity index (χ2n) is 5.15. The van der Waals surface area contributed by atoms with Crippen LogP contribution in [0.25, 0.3) is 0 Å². The fourth-order valence-corrected chi connectivity index (χ4v) is 2.55. The van der Waals surface area contributed by atoms with E-state index in [1.54, 1.807) is 6.33 Å². The zero-order chi connectivity index (χ0) is 15.2. The zero-order valence-corrected chi connectivity index (χ0v) is 13.3. The number of benzene rings is 1. The lowest BCUT2D eigenvalue weighted by Gasteiger charge is -2.24. The average molecular weight is 284 g/mol. The summed E-state index contributed by atoms with van der Waals surface area (Å²) < 4.78 is 0. The second kappa shape index (κ2) is 7.07. The topological polar surface area (TPSA) is 41.1 Å². The van der Waals surface area contributed by atoms with Gasteiger partial charge in [0, 0.05) is 24.8 Å². The van der Waals surface area contributed by atoms with Gasteiger partial charge in [-0.3, -0.25) is 0 Å². The number of rotatable bonds is 6. The maximum absolute atomic E-state index is 4.53. The molecular weight excluding hydrogens is 260 g/mol. The number of nitrogens with zero attached hydrogens (tertiary/aromatic N) is 3. The molecule has 0 aliphatic carbocycles. The zero-order valence-electron chi connectivity index (χ0n) is 13.3. The summed E-state index contributed by atoms with van der Waals surface area (Å²) in [7, 11) is 2.07. The molecule has 4 heteroatoms. The summed E-state index contributed by atoms with van der Waals surface area (Å²) in [6, 6.07) is 8.37. The van der Waals surface area contributed by atoms with Gasteiger partial charge in [0.15, 0.2) is 0 Å². The van der Waals surface area contributed by atoms with Crippen LogP contribution >= 0.6 is 0 Å². The molecule has 2 aromatic rings. The SMILES string of the molecule is CCCc1c(NCC)ncnc1N(C)c1ccccc1C. The third-order valence-corrected chi connectivity index (χ3v) is 3.56. The van der Waals surface area contributed by atoms with Crippen molar-refractivity contribution in [3.8, 4) is 0 Å². The first-order chi connectivity index (χ1) is 10.2. The van der Waals surface area contributed by atoms with E-state index < -0.39 is 0 Å². The summed E-state index contributed by atoms with van der Waals surface area (Å²) >= 11 is 0. The van der Waals surface area contributed by atoms with Gasteiger partial charge in [0.1, 0.15) is 18.0 Å². The highest BCUT2D eigenvalue weighted by atomic mass is 15.2. The number of para-hydroxylation sites is 1. The summed E-state index contributed by atoms with van der Waals surface area (Å²) in [6.45, 7) is 7.25. The molecule has 0 atom stereocenters. The van der Waals surface area contributed by atoms with Crippen LogP contribution in [0.2, 0.25) is 0 Å². The van der Waals surface area contributed by atoms with Crippen molar-refractivity contribution in [2.24, 2.45) is 0 Å². The molecule has 0 radical (unpaired) electrons. The van der Waals surface area contributed by atoms with Gasteiger partial charge in [-0.15, -0.1) is 0 Å². The first-order valence-corrected chi connectivity index (χ1v) is 7.56. The van der Waals surface area contributed by atoms with Crippen LogP contribution in [0.4, 0.5) is 17.3 Å². The fraction of sp³-hybridized carbons (Fsp3) is 0.412. The number of aryl methyl sites for hydroxylation is 1. The molecule has 0 amide bonds. The van der Waals surface area contributed by atoms with Crippen molar-refractivity contribution in [1.29, 1.82) is 0 Å². The Labute approximate surface area is 127 Å². The number of anilines is 3. The molecule has 0 aliphatic heterocycles. The van der Waals surface area contributed by atoms with E-state index in [1.165, 1.54) is 16.8 Å². The van der Waals surface area contributed by atoms with Gasteiger partial charge < -0.3 is 10.2 Å². The highest BCUT2D eigenvalue weighted by Gasteiger charge is 2.16. The molecule has 0 fully saturated rings. The normalized spacial score (nSPS) is 10.5. The quantitative estimate of drug-likeness (QED) is 0.872. The van der Waals surface area contributed by atoms with E-state index in [0.29, 0.717) is 0 Å². The van der Waals surface area contributed by atoms with Crippen LogP contribution < -0.4 is 10.2 Å². The molecule has 0 bridgehead atoms. The second-order valence-corrected chi connectivity index (χ2v) is 5.15. The molecule has 112 valence electrons. The Bertz CT molecular complexity index is 595. The third kappa shape index (κ3) is 3.32. The molecule has 1 heterocycles. The average Bonchev–Trinajstić information content (AvgIpc) is 2.49.